The first-order valence-electron chi connectivity index (χ1n) is 14.0. The zero-order valence-electron chi connectivity index (χ0n) is 23.7. The van der Waals surface area contributed by atoms with Gasteiger partial charge in [0.05, 0.1) is 24.6 Å². The molecular formula is C32H31ClFN5O4. The van der Waals surface area contributed by atoms with Crippen molar-refractivity contribution < 1.29 is 40.3 Å². The molecule has 2 aliphatic rings. The largest absolute Gasteiger partial charge is 1.00 e. The summed E-state index contributed by atoms with van der Waals surface area (Å²) in [5, 5.41) is 6.24. The van der Waals surface area contributed by atoms with E-state index in [2.05, 4.69) is 50.0 Å². The Balaban J connectivity index is 0.00000329. The molecule has 0 radical (unpaired) electrons. The summed E-state index contributed by atoms with van der Waals surface area (Å²) < 4.78 is 42.0. The number of fused-ring (bicyclic) bond motifs is 5. The van der Waals surface area contributed by atoms with Gasteiger partial charge < -0.3 is 31.4 Å². The number of nitrogens with zero attached hydrogens (tertiary/aromatic N) is 5. The van der Waals surface area contributed by atoms with E-state index < -0.39 is 0 Å². The van der Waals surface area contributed by atoms with Crippen molar-refractivity contribution in [3.8, 4) is 34.3 Å². The molecular weight excluding hydrogens is 573 g/mol. The van der Waals surface area contributed by atoms with E-state index in [0.29, 0.717) is 49.8 Å². The molecule has 11 heteroatoms. The third-order valence-electron chi connectivity index (χ3n) is 7.91. The molecule has 222 valence electrons. The molecule has 0 spiro atoms. The van der Waals surface area contributed by atoms with Gasteiger partial charge in [-0.3, -0.25) is 9.58 Å². The van der Waals surface area contributed by atoms with Gasteiger partial charge in [-0.15, -0.1) is 0 Å². The van der Waals surface area contributed by atoms with Crippen LogP contribution in [0.5, 0.6) is 23.0 Å². The summed E-state index contributed by atoms with van der Waals surface area (Å²) in [7, 11) is 1.65. The summed E-state index contributed by atoms with van der Waals surface area (Å²) in [4.78, 5) is 6.19. The summed E-state index contributed by atoms with van der Waals surface area (Å²) in [6.07, 6.45) is 6.24. The topological polar surface area (TPSA) is 74.8 Å². The van der Waals surface area contributed by atoms with Crippen molar-refractivity contribution >= 4 is 10.8 Å². The first-order chi connectivity index (χ1) is 20.7. The SMILES string of the molecule is COc1ccc2cc3[n+](cc2c1OCCN(CCn1cncn1)Cc1ccccc1F)CCc1cc2c(cc1-3)OCO2.[Cl-]. The third-order valence-corrected chi connectivity index (χ3v) is 7.91. The normalized spacial score (nSPS) is 13.0. The Bertz CT molecular complexity index is 1750. The first kappa shape index (κ1) is 28.7. The highest BCUT2D eigenvalue weighted by atomic mass is 35.5. The van der Waals surface area contributed by atoms with Gasteiger partial charge in [0.2, 0.25) is 12.5 Å². The van der Waals surface area contributed by atoms with Crippen LogP contribution in [-0.4, -0.2) is 53.3 Å². The van der Waals surface area contributed by atoms with E-state index in [4.69, 9.17) is 18.9 Å². The van der Waals surface area contributed by atoms with E-state index in [1.165, 1.54) is 18.0 Å². The van der Waals surface area contributed by atoms with Gasteiger partial charge in [-0.2, -0.15) is 9.67 Å². The second kappa shape index (κ2) is 12.4. The van der Waals surface area contributed by atoms with E-state index in [1.807, 2.05) is 18.2 Å². The van der Waals surface area contributed by atoms with E-state index in [-0.39, 0.29) is 25.0 Å². The number of halogens is 2. The number of aryl methyl sites for hydroxylation is 2. The molecule has 0 atom stereocenters. The zero-order valence-corrected chi connectivity index (χ0v) is 24.5. The molecule has 5 aromatic rings. The fraction of sp³-hybridized carbons (Fsp3) is 0.281. The molecule has 0 saturated carbocycles. The lowest BCUT2D eigenvalue weighted by atomic mass is 9.95. The highest BCUT2D eigenvalue weighted by Gasteiger charge is 2.28. The highest BCUT2D eigenvalue weighted by Crippen LogP contribution is 2.41. The average molecular weight is 604 g/mol. The summed E-state index contributed by atoms with van der Waals surface area (Å²) in [6.45, 7) is 3.84. The Morgan fingerprint density at radius 2 is 1.93 bits per heavy atom. The average Bonchev–Trinajstić information content (AvgIpc) is 3.71. The Morgan fingerprint density at radius 1 is 1.07 bits per heavy atom. The molecule has 0 unspecified atom stereocenters. The minimum Gasteiger partial charge on any atom is -1.00 e. The number of methoxy groups -OCH3 is 1. The van der Waals surface area contributed by atoms with Crippen LogP contribution in [0.1, 0.15) is 11.1 Å². The van der Waals surface area contributed by atoms with Gasteiger partial charge in [0, 0.05) is 37.7 Å². The number of aromatic nitrogens is 4. The standard InChI is InChI=1S/C32H31FN5O4.ClH/c1-39-29-7-6-22-14-28-25-16-31-30(41-21-42-31)15-23(25)8-9-37(28)18-26(22)32(29)40-13-12-36(10-11-38-20-34-19-35-38)17-24-4-2-3-5-27(24)33;/h2-7,14-16,18-20H,8-13,17,21H2,1H3;1H/q+1;/p-1. The van der Waals surface area contributed by atoms with Crippen LogP contribution in [0.4, 0.5) is 4.39 Å². The van der Waals surface area contributed by atoms with Crippen LogP contribution in [0.15, 0.2) is 73.4 Å². The van der Waals surface area contributed by atoms with Crippen LogP contribution in [0.3, 0.4) is 0 Å². The lowest BCUT2D eigenvalue weighted by Gasteiger charge is -2.23. The van der Waals surface area contributed by atoms with E-state index in [0.717, 1.165) is 46.5 Å². The van der Waals surface area contributed by atoms with Gasteiger partial charge in [-0.25, -0.2) is 9.37 Å². The van der Waals surface area contributed by atoms with Gasteiger partial charge in [0.1, 0.15) is 25.1 Å². The molecule has 0 saturated heterocycles. The molecule has 0 amide bonds. The van der Waals surface area contributed by atoms with Crippen molar-refractivity contribution in [1.29, 1.82) is 0 Å². The van der Waals surface area contributed by atoms with Gasteiger partial charge >= 0.3 is 0 Å². The minimum absolute atomic E-state index is 0. The van der Waals surface area contributed by atoms with Crippen molar-refractivity contribution in [2.24, 2.45) is 0 Å². The molecule has 0 bridgehead atoms. The van der Waals surface area contributed by atoms with Crippen LogP contribution in [0.25, 0.3) is 22.0 Å². The minimum atomic E-state index is -0.215. The molecule has 7 rings (SSSR count). The Hall–Kier alpha value is -4.41. The molecule has 4 heterocycles. The maximum atomic E-state index is 14.5. The Kier molecular flexibility index (Phi) is 8.31. The second-order valence-corrected chi connectivity index (χ2v) is 10.4. The third kappa shape index (κ3) is 5.80. The number of pyridine rings is 1. The zero-order chi connectivity index (χ0) is 28.5. The first-order valence-corrected chi connectivity index (χ1v) is 14.0. The predicted octanol–water partition coefficient (Wildman–Crippen LogP) is 1.40. The monoisotopic (exact) mass is 603 g/mol. The summed E-state index contributed by atoms with van der Waals surface area (Å²) in [6, 6.07) is 17.3. The Morgan fingerprint density at radius 3 is 2.74 bits per heavy atom. The fourth-order valence-corrected chi connectivity index (χ4v) is 5.71. The lowest BCUT2D eigenvalue weighted by Crippen LogP contribution is -3.00. The second-order valence-electron chi connectivity index (χ2n) is 10.4. The Labute approximate surface area is 254 Å². The van der Waals surface area contributed by atoms with Crippen LogP contribution >= 0.6 is 0 Å². The van der Waals surface area contributed by atoms with Gasteiger partial charge in [-0.05, 0) is 41.3 Å². The molecule has 0 aliphatic carbocycles. The summed E-state index contributed by atoms with van der Waals surface area (Å²) >= 11 is 0. The molecule has 0 N–H and O–H groups in total. The quantitative estimate of drug-likeness (QED) is 0.224. The number of rotatable bonds is 10. The predicted molar refractivity (Wildman–Crippen MR) is 153 cm³/mol. The number of ether oxygens (including phenoxy) is 4. The molecule has 2 aromatic heterocycles. The smallest absolute Gasteiger partial charge is 0.231 e. The van der Waals surface area contributed by atoms with Gasteiger partial charge in [0.15, 0.2) is 35.7 Å². The van der Waals surface area contributed by atoms with E-state index in [1.54, 1.807) is 24.2 Å². The van der Waals surface area contributed by atoms with Crippen molar-refractivity contribution in [2.45, 2.75) is 26.1 Å². The molecule has 9 nitrogen and oxygen atoms in total. The van der Waals surface area contributed by atoms with Crippen molar-refractivity contribution in [2.75, 3.05) is 33.6 Å². The summed E-state index contributed by atoms with van der Waals surface area (Å²) in [5.74, 6) is 2.75. The van der Waals surface area contributed by atoms with Crippen molar-refractivity contribution in [1.82, 2.24) is 19.7 Å². The van der Waals surface area contributed by atoms with Crippen LogP contribution in [0, 0.1) is 5.82 Å². The number of hydrogen-bond acceptors (Lipinski definition) is 7. The van der Waals surface area contributed by atoms with Gasteiger partial charge in [-0.1, -0.05) is 18.2 Å². The molecule has 0 fully saturated rings. The number of benzene rings is 3. The highest BCUT2D eigenvalue weighted by molar-refractivity contribution is 5.91. The summed E-state index contributed by atoms with van der Waals surface area (Å²) in [5.41, 5.74) is 4.18. The van der Waals surface area contributed by atoms with Gasteiger partial charge in [0.25, 0.3) is 0 Å². The molecule has 3 aromatic carbocycles. The fourth-order valence-electron chi connectivity index (χ4n) is 5.71. The maximum absolute atomic E-state index is 14.5. The van der Waals surface area contributed by atoms with Crippen LogP contribution < -0.4 is 35.9 Å². The van der Waals surface area contributed by atoms with E-state index in [9.17, 15) is 4.39 Å². The molecule has 2 aliphatic heterocycles. The van der Waals surface area contributed by atoms with Crippen molar-refractivity contribution in [3.63, 3.8) is 0 Å². The van der Waals surface area contributed by atoms with Crippen LogP contribution in [0.2, 0.25) is 0 Å². The maximum Gasteiger partial charge on any atom is 0.231 e. The lowest BCUT2D eigenvalue weighted by molar-refractivity contribution is -0.686. The number of hydrogen-bond donors (Lipinski definition) is 0. The van der Waals surface area contributed by atoms with E-state index >= 15 is 0 Å². The molecule has 43 heavy (non-hydrogen) atoms. The van der Waals surface area contributed by atoms with Crippen LogP contribution in [-0.2, 0) is 26.1 Å². The van der Waals surface area contributed by atoms with Crippen molar-refractivity contribution in [3.05, 3.63) is 90.4 Å².